The Morgan fingerprint density at radius 2 is 1.83 bits per heavy atom. The van der Waals surface area contributed by atoms with Gasteiger partial charge in [-0.05, 0) is 42.9 Å². The zero-order valence-electron chi connectivity index (χ0n) is 17.2. The Morgan fingerprint density at radius 1 is 1.13 bits per heavy atom. The summed E-state index contributed by atoms with van der Waals surface area (Å²) in [5.41, 5.74) is 9.32. The second kappa shape index (κ2) is 9.87. The average molecular weight is 405 g/mol. The van der Waals surface area contributed by atoms with Gasteiger partial charge in [0.25, 0.3) is 0 Å². The number of nitrogens with two attached hydrogens (primary N) is 1. The molecule has 2 atom stereocenters. The number of hydrogen-bond donors (Lipinski definition) is 4. The van der Waals surface area contributed by atoms with Crippen LogP contribution in [0.1, 0.15) is 42.9 Å². The Bertz CT molecular complexity index is 935. The number of rotatable bonds is 7. The summed E-state index contributed by atoms with van der Waals surface area (Å²) in [6.45, 7) is 2.05. The van der Waals surface area contributed by atoms with Gasteiger partial charge in [0.2, 0.25) is 11.8 Å². The molecule has 0 spiro atoms. The first kappa shape index (κ1) is 21.3. The lowest BCUT2D eigenvalue weighted by atomic mass is 9.85. The van der Waals surface area contributed by atoms with Crippen molar-refractivity contribution < 1.29 is 9.59 Å². The van der Waals surface area contributed by atoms with Crippen LogP contribution in [0.25, 0.3) is 5.57 Å². The van der Waals surface area contributed by atoms with Crippen LogP contribution in [0.3, 0.4) is 0 Å². The number of carbonyl (C=O) groups excluding carboxylic acids is 2. The number of carbonyl (C=O) groups is 2. The summed E-state index contributed by atoms with van der Waals surface area (Å²) in [5.74, 6) is -0.423. The van der Waals surface area contributed by atoms with Crippen molar-refractivity contribution in [2.75, 3.05) is 0 Å². The number of nitrogens with one attached hydrogen (secondary N) is 3. The Balaban J connectivity index is 1.49. The number of nitrogen functional groups attached to an aromatic ring is 1. The van der Waals surface area contributed by atoms with Crippen molar-refractivity contribution >= 4 is 23.2 Å². The third-order valence-electron chi connectivity index (χ3n) is 5.37. The number of amides is 2. The van der Waals surface area contributed by atoms with Crippen molar-refractivity contribution in [3.63, 3.8) is 0 Å². The Morgan fingerprint density at radius 3 is 2.50 bits per heavy atom. The third kappa shape index (κ3) is 5.56. The van der Waals surface area contributed by atoms with Gasteiger partial charge in [0.05, 0.1) is 0 Å². The van der Waals surface area contributed by atoms with Crippen LogP contribution in [0.15, 0.2) is 60.7 Å². The molecule has 0 saturated heterocycles. The minimum Gasteiger partial charge on any atom is -0.384 e. The highest BCUT2D eigenvalue weighted by atomic mass is 16.2. The predicted molar refractivity (Wildman–Crippen MR) is 119 cm³/mol. The van der Waals surface area contributed by atoms with Gasteiger partial charge in [0.15, 0.2) is 0 Å². The second-order valence-corrected chi connectivity index (χ2v) is 7.63. The highest BCUT2D eigenvalue weighted by molar-refractivity contribution is 5.95. The van der Waals surface area contributed by atoms with Gasteiger partial charge in [-0.2, -0.15) is 0 Å². The largest absolute Gasteiger partial charge is 0.384 e. The van der Waals surface area contributed by atoms with Crippen LogP contribution in [0.4, 0.5) is 0 Å². The quantitative estimate of drug-likeness (QED) is 0.421. The van der Waals surface area contributed by atoms with Gasteiger partial charge in [-0.25, -0.2) is 0 Å². The molecule has 30 heavy (non-hydrogen) atoms. The lowest BCUT2D eigenvalue weighted by Gasteiger charge is -2.24. The Hall–Kier alpha value is -3.41. The molecule has 2 amide bonds. The van der Waals surface area contributed by atoms with E-state index in [4.69, 9.17) is 11.1 Å². The van der Waals surface area contributed by atoms with Crippen molar-refractivity contribution in [3.05, 3.63) is 77.4 Å². The third-order valence-corrected chi connectivity index (χ3v) is 5.37. The van der Waals surface area contributed by atoms with E-state index in [1.165, 1.54) is 5.57 Å². The highest BCUT2D eigenvalue weighted by Gasteiger charge is 2.25. The lowest BCUT2D eigenvalue weighted by Crippen LogP contribution is -2.46. The van der Waals surface area contributed by atoms with Crippen molar-refractivity contribution in [2.24, 2.45) is 11.7 Å². The first-order valence-electron chi connectivity index (χ1n) is 10.2. The van der Waals surface area contributed by atoms with E-state index in [1.54, 1.807) is 19.1 Å². The van der Waals surface area contributed by atoms with Crippen molar-refractivity contribution in [1.82, 2.24) is 10.6 Å². The molecule has 0 unspecified atom stereocenters. The highest BCUT2D eigenvalue weighted by Crippen LogP contribution is 2.31. The molecule has 1 aliphatic rings. The fourth-order valence-corrected chi connectivity index (χ4v) is 3.56. The fourth-order valence-electron chi connectivity index (χ4n) is 3.56. The molecule has 0 saturated carbocycles. The molecule has 5 N–H and O–H groups in total. The van der Waals surface area contributed by atoms with Crippen molar-refractivity contribution in [3.8, 4) is 0 Å². The van der Waals surface area contributed by atoms with Gasteiger partial charge in [0, 0.05) is 18.0 Å². The maximum atomic E-state index is 12.7. The van der Waals surface area contributed by atoms with E-state index in [-0.39, 0.29) is 23.6 Å². The Labute approximate surface area is 177 Å². The van der Waals surface area contributed by atoms with Crippen LogP contribution in [0.2, 0.25) is 0 Å². The summed E-state index contributed by atoms with van der Waals surface area (Å²) in [6.07, 6.45) is 4.54. The van der Waals surface area contributed by atoms with Gasteiger partial charge in [-0.1, -0.05) is 60.7 Å². The van der Waals surface area contributed by atoms with E-state index in [2.05, 4.69) is 28.8 Å². The zero-order chi connectivity index (χ0) is 21.5. The first-order valence-corrected chi connectivity index (χ1v) is 10.2. The summed E-state index contributed by atoms with van der Waals surface area (Å²) in [7, 11) is 0. The van der Waals surface area contributed by atoms with Crippen LogP contribution in [0, 0.1) is 11.3 Å². The van der Waals surface area contributed by atoms with E-state index in [9.17, 15) is 9.59 Å². The van der Waals surface area contributed by atoms with Crippen molar-refractivity contribution in [2.45, 2.75) is 38.8 Å². The molecule has 0 heterocycles. The van der Waals surface area contributed by atoms with Crippen LogP contribution >= 0.6 is 0 Å². The molecule has 0 fully saturated rings. The number of allylic oxidation sites excluding steroid dienone is 2. The molecule has 3 rings (SSSR count). The Kier molecular flexibility index (Phi) is 7.01. The van der Waals surface area contributed by atoms with Crippen molar-refractivity contribution in [1.29, 1.82) is 5.41 Å². The van der Waals surface area contributed by atoms with Crippen LogP contribution in [-0.2, 0) is 16.1 Å². The first-order chi connectivity index (χ1) is 14.4. The smallest absolute Gasteiger partial charge is 0.242 e. The topological polar surface area (TPSA) is 108 Å². The maximum Gasteiger partial charge on any atom is 0.242 e. The normalized spacial score (nSPS) is 16.8. The molecular formula is C24H28N4O2. The van der Waals surface area contributed by atoms with Gasteiger partial charge in [-0.3, -0.25) is 15.0 Å². The van der Waals surface area contributed by atoms with Crippen LogP contribution in [-0.4, -0.2) is 23.7 Å². The van der Waals surface area contributed by atoms with Crippen LogP contribution in [0.5, 0.6) is 0 Å². The van der Waals surface area contributed by atoms with Gasteiger partial charge < -0.3 is 16.4 Å². The molecule has 2 aromatic rings. The van der Waals surface area contributed by atoms with Gasteiger partial charge >= 0.3 is 0 Å². The minimum absolute atomic E-state index is 0.00917. The molecule has 0 aliphatic heterocycles. The van der Waals surface area contributed by atoms with Gasteiger partial charge in [-0.15, -0.1) is 0 Å². The van der Waals surface area contributed by atoms with E-state index in [0.717, 1.165) is 24.0 Å². The molecule has 6 heteroatoms. The van der Waals surface area contributed by atoms with Gasteiger partial charge in [0.1, 0.15) is 11.9 Å². The fraction of sp³-hybridized carbons (Fsp3) is 0.292. The van der Waals surface area contributed by atoms with E-state index in [1.807, 2.05) is 30.3 Å². The molecular weight excluding hydrogens is 376 g/mol. The lowest BCUT2D eigenvalue weighted by molar-refractivity contribution is -0.130. The number of amidine groups is 1. The molecule has 156 valence electrons. The SMILES string of the molecule is C[C@H](NC(=O)[C@@H]1CCC=C(c2ccccc2)C1)C(=O)NCc1ccc(C(=N)N)cc1. The number of hydrogen-bond acceptors (Lipinski definition) is 3. The minimum atomic E-state index is -0.611. The standard InChI is InChI=1S/C24H28N4O2/c1-16(23(29)27-15-17-10-12-19(13-11-17)22(25)26)28-24(30)21-9-5-8-20(14-21)18-6-3-2-4-7-18/h2-4,6-8,10-13,16,21H,5,9,14-15H2,1H3,(H3,25,26)(H,27,29)(H,28,30)/t16-,21+/m0/s1. The van der Waals surface area contributed by atoms with E-state index in [0.29, 0.717) is 18.5 Å². The van der Waals surface area contributed by atoms with Crippen LogP contribution < -0.4 is 16.4 Å². The monoisotopic (exact) mass is 404 g/mol. The maximum absolute atomic E-state index is 12.7. The van der Waals surface area contributed by atoms with E-state index < -0.39 is 6.04 Å². The van der Waals surface area contributed by atoms with E-state index >= 15 is 0 Å². The molecule has 1 aliphatic carbocycles. The zero-order valence-corrected chi connectivity index (χ0v) is 17.2. The summed E-state index contributed by atoms with van der Waals surface area (Å²) in [4.78, 5) is 25.1. The molecule has 0 aromatic heterocycles. The number of benzene rings is 2. The predicted octanol–water partition coefficient (Wildman–Crippen LogP) is 2.98. The average Bonchev–Trinajstić information content (AvgIpc) is 2.78. The summed E-state index contributed by atoms with van der Waals surface area (Å²) >= 11 is 0. The second-order valence-electron chi connectivity index (χ2n) is 7.63. The molecule has 2 aromatic carbocycles. The summed E-state index contributed by atoms with van der Waals surface area (Å²) < 4.78 is 0. The summed E-state index contributed by atoms with van der Waals surface area (Å²) in [5, 5.41) is 13.1. The summed E-state index contributed by atoms with van der Waals surface area (Å²) in [6, 6.07) is 16.6. The molecule has 0 radical (unpaired) electrons. The molecule has 0 bridgehead atoms. The molecule has 6 nitrogen and oxygen atoms in total.